The van der Waals surface area contributed by atoms with Gasteiger partial charge in [0.1, 0.15) is 6.10 Å². The highest BCUT2D eigenvalue weighted by molar-refractivity contribution is 5.68. The first-order valence-electron chi connectivity index (χ1n) is 12.6. The molecule has 0 bridgehead atoms. The second-order valence-corrected chi connectivity index (χ2v) is 10.3. The van der Waals surface area contributed by atoms with Gasteiger partial charge >= 0.3 is 6.09 Å². The molecule has 0 N–H and O–H groups in total. The van der Waals surface area contributed by atoms with E-state index in [1.54, 1.807) is 0 Å². The third-order valence-corrected chi connectivity index (χ3v) is 7.45. The number of aromatic nitrogens is 2. The summed E-state index contributed by atoms with van der Waals surface area (Å²) in [4.78, 5) is 25.0. The van der Waals surface area contributed by atoms with Crippen molar-refractivity contribution in [2.75, 3.05) is 26.2 Å². The molecular formula is C27H37N5O2. The maximum Gasteiger partial charge on any atom is 0.410 e. The minimum absolute atomic E-state index is 0.0486. The number of hydrogen-bond acceptors (Lipinski definition) is 4. The Morgan fingerprint density at radius 3 is 2.56 bits per heavy atom. The molecule has 2 heterocycles. The van der Waals surface area contributed by atoms with Gasteiger partial charge in [-0.1, -0.05) is 51.5 Å². The van der Waals surface area contributed by atoms with Crippen LogP contribution in [-0.4, -0.2) is 57.7 Å². The monoisotopic (exact) mass is 463 g/mol. The number of rotatable bonds is 6. The van der Waals surface area contributed by atoms with Crippen LogP contribution in [0.1, 0.15) is 51.3 Å². The van der Waals surface area contributed by atoms with Crippen molar-refractivity contribution in [2.24, 2.45) is 17.8 Å². The highest BCUT2D eigenvalue weighted by Crippen LogP contribution is 2.35. The molecule has 1 amide bonds. The first kappa shape index (κ1) is 24.3. The van der Waals surface area contributed by atoms with Crippen LogP contribution < -0.4 is 0 Å². The van der Waals surface area contributed by atoms with Crippen LogP contribution in [0.25, 0.3) is 4.85 Å². The molecule has 1 aliphatic heterocycles. The minimum Gasteiger partial charge on any atom is -0.446 e. The second kappa shape index (κ2) is 11.1. The molecule has 2 aliphatic rings. The Kier molecular flexibility index (Phi) is 7.89. The number of carbonyl (C=O) groups excluding carboxylic acids is 1. The molecule has 34 heavy (non-hydrogen) atoms. The molecule has 7 nitrogen and oxygen atoms in total. The first-order chi connectivity index (χ1) is 16.4. The summed E-state index contributed by atoms with van der Waals surface area (Å²) in [6.07, 6.45) is 7.07. The van der Waals surface area contributed by atoms with E-state index in [1.807, 2.05) is 41.7 Å². The zero-order chi connectivity index (χ0) is 24.1. The molecule has 0 radical (unpaired) electrons. The van der Waals surface area contributed by atoms with Crippen LogP contribution in [0.4, 0.5) is 10.5 Å². The van der Waals surface area contributed by atoms with Crippen molar-refractivity contribution >= 4 is 11.8 Å². The molecule has 4 rings (SSSR count). The summed E-state index contributed by atoms with van der Waals surface area (Å²) in [5.41, 5.74) is 2.96. The first-order valence-corrected chi connectivity index (χ1v) is 12.6. The minimum atomic E-state index is -0.141. The van der Waals surface area contributed by atoms with Crippen molar-refractivity contribution in [2.45, 2.75) is 59.2 Å². The fourth-order valence-electron chi connectivity index (χ4n) is 5.27. The van der Waals surface area contributed by atoms with Gasteiger partial charge in [-0.3, -0.25) is 4.90 Å². The normalized spacial score (nSPS) is 23.6. The molecular weight excluding hydrogens is 426 g/mol. The number of nitrogens with zero attached hydrogens (tertiary/aromatic N) is 5. The molecule has 2 aromatic rings. The molecule has 1 aliphatic carbocycles. The van der Waals surface area contributed by atoms with Crippen LogP contribution in [0, 0.1) is 24.3 Å². The molecule has 3 atom stereocenters. The number of carbonyl (C=O) groups is 1. The van der Waals surface area contributed by atoms with Crippen molar-refractivity contribution in [3.05, 3.63) is 59.5 Å². The standard InChI is InChI=1S/C27H37N5O2/c1-20(2)25-10-5-21(3)15-26(25)34-27(33)31-13-11-30(12-14-31)18-24-16-29-19-32(24)17-22-6-8-23(28-4)9-7-22/h6-9,16,19-21,25-26H,5,10-15,17-18H2,1-3H3/t21?,25-,26?/m0/s1. The SMILES string of the molecule is [C-]#[N+]c1ccc(Cn2cncc2CN2CCN(C(=O)OC3CC(C)CC[C@H]3C(C)C)CC2)cc1. The Balaban J connectivity index is 1.28. The summed E-state index contributed by atoms with van der Waals surface area (Å²) in [7, 11) is 0. The number of benzene rings is 1. The van der Waals surface area contributed by atoms with Gasteiger partial charge in [-0.05, 0) is 36.2 Å². The predicted molar refractivity (Wildman–Crippen MR) is 132 cm³/mol. The van der Waals surface area contributed by atoms with Crippen molar-refractivity contribution in [3.8, 4) is 0 Å². The Bertz CT molecular complexity index is 985. The molecule has 2 fully saturated rings. The largest absolute Gasteiger partial charge is 0.446 e. The summed E-state index contributed by atoms with van der Waals surface area (Å²) in [6, 6.07) is 7.71. The molecule has 182 valence electrons. The lowest BCUT2D eigenvalue weighted by Gasteiger charge is -2.39. The van der Waals surface area contributed by atoms with Gasteiger partial charge in [-0.25, -0.2) is 14.6 Å². The van der Waals surface area contributed by atoms with E-state index in [9.17, 15) is 4.79 Å². The van der Waals surface area contributed by atoms with Crippen molar-refractivity contribution in [3.63, 3.8) is 0 Å². The maximum absolute atomic E-state index is 12.9. The quantitative estimate of drug-likeness (QED) is 0.553. The van der Waals surface area contributed by atoms with Gasteiger partial charge in [-0.2, -0.15) is 0 Å². The summed E-state index contributed by atoms with van der Waals surface area (Å²) in [5, 5.41) is 0. The lowest BCUT2D eigenvalue weighted by molar-refractivity contribution is -0.0161. The molecule has 7 heteroatoms. The van der Waals surface area contributed by atoms with Crippen molar-refractivity contribution in [1.82, 2.24) is 19.4 Å². The highest BCUT2D eigenvalue weighted by atomic mass is 16.6. The zero-order valence-corrected chi connectivity index (χ0v) is 20.7. The smallest absolute Gasteiger partial charge is 0.410 e. The van der Waals surface area contributed by atoms with E-state index in [2.05, 4.69) is 40.1 Å². The van der Waals surface area contributed by atoms with Gasteiger partial charge in [0, 0.05) is 45.5 Å². The number of piperazine rings is 1. The third kappa shape index (κ3) is 5.98. The van der Waals surface area contributed by atoms with E-state index >= 15 is 0 Å². The van der Waals surface area contributed by atoms with Crippen LogP contribution in [0.5, 0.6) is 0 Å². The number of imidazole rings is 1. The molecule has 1 aromatic carbocycles. The van der Waals surface area contributed by atoms with Crippen LogP contribution in [0.3, 0.4) is 0 Å². The Morgan fingerprint density at radius 1 is 1.15 bits per heavy atom. The van der Waals surface area contributed by atoms with Crippen LogP contribution in [0.2, 0.25) is 0 Å². The number of amides is 1. The maximum atomic E-state index is 12.9. The highest BCUT2D eigenvalue weighted by Gasteiger charge is 2.35. The Hall–Kier alpha value is -2.85. The van der Waals surface area contributed by atoms with E-state index < -0.39 is 0 Å². The summed E-state index contributed by atoms with van der Waals surface area (Å²) in [6.45, 7) is 18.4. The lowest BCUT2D eigenvalue weighted by Crippen LogP contribution is -2.50. The van der Waals surface area contributed by atoms with Crippen molar-refractivity contribution in [1.29, 1.82) is 0 Å². The van der Waals surface area contributed by atoms with Gasteiger partial charge in [0.2, 0.25) is 0 Å². The molecule has 0 spiro atoms. The fraction of sp³-hybridized carbons (Fsp3) is 0.593. The van der Waals surface area contributed by atoms with Crippen LogP contribution in [-0.2, 0) is 17.8 Å². The average molecular weight is 464 g/mol. The fourth-order valence-corrected chi connectivity index (χ4v) is 5.27. The van der Waals surface area contributed by atoms with E-state index in [-0.39, 0.29) is 12.2 Å². The molecule has 1 aromatic heterocycles. The second-order valence-electron chi connectivity index (χ2n) is 10.3. The predicted octanol–water partition coefficient (Wildman–Crippen LogP) is 5.20. The number of hydrogen-bond donors (Lipinski definition) is 0. The van der Waals surface area contributed by atoms with Gasteiger partial charge in [0.25, 0.3) is 0 Å². The summed E-state index contributed by atoms with van der Waals surface area (Å²) in [5.74, 6) is 1.64. The van der Waals surface area contributed by atoms with E-state index in [1.165, 1.54) is 6.42 Å². The zero-order valence-electron chi connectivity index (χ0n) is 20.7. The lowest BCUT2D eigenvalue weighted by atomic mass is 9.75. The average Bonchev–Trinajstić information content (AvgIpc) is 3.26. The van der Waals surface area contributed by atoms with Crippen LogP contribution in [0.15, 0.2) is 36.8 Å². The summed E-state index contributed by atoms with van der Waals surface area (Å²) >= 11 is 0. The van der Waals surface area contributed by atoms with E-state index in [4.69, 9.17) is 11.3 Å². The van der Waals surface area contributed by atoms with Gasteiger partial charge in [0.15, 0.2) is 5.69 Å². The number of ether oxygens (including phenoxy) is 1. The molecule has 1 saturated heterocycles. The Labute approximate surface area is 203 Å². The van der Waals surface area contributed by atoms with Gasteiger partial charge in [-0.15, -0.1) is 0 Å². The van der Waals surface area contributed by atoms with Gasteiger partial charge in [0.05, 0.1) is 18.6 Å². The van der Waals surface area contributed by atoms with Crippen molar-refractivity contribution < 1.29 is 9.53 Å². The third-order valence-electron chi connectivity index (χ3n) is 7.45. The molecule has 2 unspecified atom stereocenters. The Morgan fingerprint density at radius 2 is 1.88 bits per heavy atom. The summed E-state index contributed by atoms with van der Waals surface area (Å²) < 4.78 is 8.21. The topological polar surface area (TPSA) is 55.0 Å². The molecule has 1 saturated carbocycles. The van der Waals surface area contributed by atoms with Crippen LogP contribution >= 0.6 is 0 Å². The van der Waals surface area contributed by atoms with E-state index in [0.29, 0.717) is 36.5 Å². The van der Waals surface area contributed by atoms with Gasteiger partial charge < -0.3 is 14.2 Å². The van der Waals surface area contributed by atoms with E-state index in [0.717, 1.165) is 50.3 Å².